The van der Waals surface area contributed by atoms with Gasteiger partial charge in [-0.15, -0.1) is 16.4 Å². The van der Waals surface area contributed by atoms with Crippen molar-refractivity contribution in [2.45, 2.75) is 6.54 Å². The zero-order chi connectivity index (χ0) is 15.4. The molecule has 0 radical (unpaired) electrons. The smallest absolute Gasteiger partial charge is 0.316 e. The maximum atomic E-state index is 5.59. The van der Waals surface area contributed by atoms with E-state index < -0.39 is 0 Å². The Hall–Kier alpha value is -2.61. The molecule has 3 rings (SSSR count). The van der Waals surface area contributed by atoms with Gasteiger partial charge >= 0.3 is 6.01 Å². The summed E-state index contributed by atoms with van der Waals surface area (Å²) in [6.45, 7) is 0.539. The van der Waals surface area contributed by atoms with E-state index in [9.17, 15) is 0 Å². The molecule has 114 valence electrons. The molecule has 2 heterocycles. The third-order valence-electron chi connectivity index (χ3n) is 2.96. The molecular weight excluding hydrogens is 304 g/mol. The highest BCUT2D eigenvalue weighted by Crippen LogP contribution is 2.32. The number of ether oxygens (including phenoxy) is 2. The molecule has 8 heteroatoms. The zero-order valence-electron chi connectivity index (χ0n) is 12.1. The van der Waals surface area contributed by atoms with E-state index in [2.05, 4.69) is 20.5 Å². The number of aromatic nitrogens is 3. The van der Waals surface area contributed by atoms with Crippen LogP contribution in [0.5, 0.6) is 11.5 Å². The number of hydrogen-bond donors (Lipinski definition) is 1. The van der Waals surface area contributed by atoms with Crippen molar-refractivity contribution < 1.29 is 13.9 Å². The second-order valence-corrected chi connectivity index (χ2v) is 5.03. The van der Waals surface area contributed by atoms with Gasteiger partial charge in [0.25, 0.3) is 0 Å². The number of benzene rings is 1. The lowest BCUT2D eigenvalue weighted by molar-refractivity contribution is 0.355. The molecule has 22 heavy (non-hydrogen) atoms. The summed E-state index contributed by atoms with van der Waals surface area (Å²) in [5.41, 5.74) is 3.46. The van der Waals surface area contributed by atoms with E-state index in [1.165, 1.54) is 0 Å². The van der Waals surface area contributed by atoms with E-state index in [1.54, 1.807) is 43.2 Å². The first-order valence-electron chi connectivity index (χ1n) is 6.47. The molecule has 0 atom stereocenters. The standard InChI is InChI=1S/C14H14N4O3S/c1-19-11-4-3-9(5-12(11)20-2)13-17-18-14(21-13)15-6-10-7-22-8-16-10/h3-5,7-8H,6H2,1-2H3,(H,15,18). The fourth-order valence-corrected chi connectivity index (χ4v) is 2.43. The zero-order valence-corrected chi connectivity index (χ0v) is 12.9. The van der Waals surface area contributed by atoms with Crippen molar-refractivity contribution >= 4 is 17.4 Å². The largest absolute Gasteiger partial charge is 0.493 e. The van der Waals surface area contributed by atoms with Crippen LogP contribution in [-0.2, 0) is 6.54 Å². The van der Waals surface area contributed by atoms with E-state index in [1.807, 2.05) is 11.4 Å². The number of rotatable bonds is 6. The molecule has 0 aliphatic rings. The van der Waals surface area contributed by atoms with Crippen LogP contribution in [0.25, 0.3) is 11.5 Å². The van der Waals surface area contributed by atoms with Crippen LogP contribution >= 0.6 is 11.3 Å². The lowest BCUT2D eigenvalue weighted by atomic mass is 10.2. The van der Waals surface area contributed by atoms with Crippen LogP contribution in [0.3, 0.4) is 0 Å². The summed E-state index contributed by atoms with van der Waals surface area (Å²) in [4.78, 5) is 4.17. The fraction of sp³-hybridized carbons (Fsp3) is 0.214. The van der Waals surface area contributed by atoms with Crippen molar-refractivity contribution in [1.82, 2.24) is 15.2 Å². The SMILES string of the molecule is COc1ccc(-c2nnc(NCc3cscn3)o2)cc1OC. The number of nitrogens with zero attached hydrogens (tertiary/aromatic N) is 3. The van der Waals surface area contributed by atoms with Crippen molar-refractivity contribution in [2.75, 3.05) is 19.5 Å². The summed E-state index contributed by atoms with van der Waals surface area (Å²) < 4.78 is 16.1. The van der Waals surface area contributed by atoms with Gasteiger partial charge in [0.2, 0.25) is 5.89 Å². The predicted molar refractivity (Wildman–Crippen MR) is 82.3 cm³/mol. The maximum Gasteiger partial charge on any atom is 0.316 e. The minimum atomic E-state index is 0.345. The molecule has 0 saturated heterocycles. The Bertz CT molecular complexity index is 742. The Morgan fingerprint density at radius 1 is 1.18 bits per heavy atom. The van der Waals surface area contributed by atoms with Gasteiger partial charge < -0.3 is 19.2 Å². The number of thiazole rings is 1. The molecule has 7 nitrogen and oxygen atoms in total. The minimum absolute atomic E-state index is 0.345. The summed E-state index contributed by atoms with van der Waals surface area (Å²) in [6, 6.07) is 5.76. The van der Waals surface area contributed by atoms with Gasteiger partial charge in [0.1, 0.15) is 0 Å². The third-order valence-corrected chi connectivity index (χ3v) is 3.59. The number of nitrogens with one attached hydrogen (secondary N) is 1. The quantitative estimate of drug-likeness (QED) is 0.748. The van der Waals surface area contributed by atoms with Gasteiger partial charge in [-0.25, -0.2) is 4.98 Å². The van der Waals surface area contributed by atoms with Crippen LogP contribution in [0.1, 0.15) is 5.69 Å². The van der Waals surface area contributed by atoms with E-state index >= 15 is 0 Å². The first-order valence-corrected chi connectivity index (χ1v) is 7.41. The van der Waals surface area contributed by atoms with Crippen LogP contribution in [0, 0.1) is 0 Å². The van der Waals surface area contributed by atoms with Gasteiger partial charge in [-0.2, -0.15) is 0 Å². The Morgan fingerprint density at radius 3 is 2.77 bits per heavy atom. The van der Waals surface area contributed by atoms with Gasteiger partial charge in [-0.3, -0.25) is 0 Å². The van der Waals surface area contributed by atoms with Crippen molar-refractivity contribution in [3.63, 3.8) is 0 Å². The van der Waals surface area contributed by atoms with Crippen LogP contribution in [0.2, 0.25) is 0 Å². The molecule has 0 aliphatic heterocycles. The van der Waals surface area contributed by atoms with Crippen LogP contribution in [0.15, 0.2) is 33.5 Å². The monoisotopic (exact) mass is 318 g/mol. The van der Waals surface area contributed by atoms with Crippen LogP contribution in [0.4, 0.5) is 6.01 Å². The molecule has 1 aromatic carbocycles. The summed E-state index contributed by atoms with van der Waals surface area (Å²) in [5.74, 6) is 1.66. The lowest BCUT2D eigenvalue weighted by Crippen LogP contribution is -1.99. The minimum Gasteiger partial charge on any atom is -0.493 e. The highest BCUT2D eigenvalue weighted by molar-refractivity contribution is 7.07. The third kappa shape index (κ3) is 3.01. The highest BCUT2D eigenvalue weighted by Gasteiger charge is 2.12. The first-order chi connectivity index (χ1) is 10.8. The van der Waals surface area contributed by atoms with Crippen LogP contribution in [-0.4, -0.2) is 29.4 Å². The molecule has 3 aromatic rings. The van der Waals surface area contributed by atoms with Gasteiger partial charge in [0.05, 0.1) is 32.0 Å². The highest BCUT2D eigenvalue weighted by atomic mass is 32.1. The van der Waals surface area contributed by atoms with Crippen molar-refractivity contribution in [3.05, 3.63) is 34.8 Å². The number of anilines is 1. The molecule has 0 amide bonds. The van der Waals surface area contributed by atoms with Crippen molar-refractivity contribution in [2.24, 2.45) is 0 Å². The molecule has 0 unspecified atom stereocenters. The summed E-state index contributed by atoms with van der Waals surface area (Å²) in [6.07, 6.45) is 0. The second kappa shape index (κ2) is 6.44. The summed E-state index contributed by atoms with van der Waals surface area (Å²) >= 11 is 1.54. The summed E-state index contributed by atoms with van der Waals surface area (Å²) in [5, 5.41) is 13.0. The predicted octanol–water partition coefficient (Wildman–Crippen LogP) is 2.82. The summed E-state index contributed by atoms with van der Waals surface area (Å²) in [7, 11) is 3.17. The molecule has 0 bridgehead atoms. The van der Waals surface area contributed by atoms with Gasteiger partial charge in [-0.05, 0) is 18.2 Å². The molecule has 0 spiro atoms. The van der Waals surface area contributed by atoms with Crippen molar-refractivity contribution in [1.29, 1.82) is 0 Å². The molecule has 2 aromatic heterocycles. The molecule has 1 N–H and O–H groups in total. The fourth-order valence-electron chi connectivity index (χ4n) is 1.87. The Balaban J connectivity index is 1.75. The van der Waals surface area contributed by atoms with E-state index in [0.717, 1.165) is 11.3 Å². The average molecular weight is 318 g/mol. The molecule has 0 aliphatic carbocycles. The topological polar surface area (TPSA) is 82.3 Å². The Labute approximate surface area is 130 Å². The number of hydrogen-bond acceptors (Lipinski definition) is 8. The van der Waals surface area contributed by atoms with Gasteiger partial charge in [0, 0.05) is 10.9 Å². The second-order valence-electron chi connectivity index (χ2n) is 4.32. The normalized spacial score (nSPS) is 10.5. The van der Waals surface area contributed by atoms with E-state index in [-0.39, 0.29) is 0 Å². The first kappa shape index (κ1) is 14.3. The molecule has 0 saturated carbocycles. The van der Waals surface area contributed by atoms with Crippen molar-refractivity contribution in [3.8, 4) is 23.0 Å². The molecular formula is C14H14N4O3S. The Kier molecular flexibility index (Phi) is 4.19. The van der Waals surface area contributed by atoms with Gasteiger partial charge in [-0.1, -0.05) is 5.10 Å². The molecule has 0 fully saturated rings. The van der Waals surface area contributed by atoms with Crippen LogP contribution < -0.4 is 14.8 Å². The van der Waals surface area contributed by atoms with E-state index in [4.69, 9.17) is 13.9 Å². The van der Waals surface area contributed by atoms with Gasteiger partial charge in [0.15, 0.2) is 11.5 Å². The van der Waals surface area contributed by atoms with E-state index in [0.29, 0.717) is 29.9 Å². The number of methoxy groups -OCH3 is 2. The Morgan fingerprint density at radius 2 is 2.05 bits per heavy atom. The maximum absolute atomic E-state index is 5.59. The average Bonchev–Trinajstić information content (AvgIpc) is 3.23. The lowest BCUT2D eigenvalue weighted by Gasteiger charge is -2.07.